The summed E-state index contributed by atoms with van der Waals surface area (Å²) >= 11 is 0. The van der Waals surface area contributed by atoms with E-state index in [9.17, 15) is 14.7 Å². The molecule has 1 aromatic rings. The van der Waals surface area contributed by atoms with Gasteiger partial charge >= 0.3 is 5.97 Å². The average molecular weight is 252 g/mol. The van der Waals surface area contributed by atoms with Gasteiger partial charge in [0.05, 0.1) is 6.54 Å². The summed E-state index contributed by atoms with van der Waals surface area (Å²) < 4.78 is 0. The molecule has 0 aliphatic heterocycles. The zero-order valence-electron chi connectivity index (χ0n) is 10.2. The van der Waals surface area contributed by atoms with Crippen LogP contribution in [-0.2, 0) is 9.59 Å². The summed E-state index contributed by atoms with van der Waals surface area (Å²) in [5, 5.41) is 23.7. The van der Waals surface area contributed by atoms with Crippen LogP contribution in [0.15, 0.2) is 24.3 Å². The Labute approximate surface area is 105 Å². The van der Waals surface area contributed by atoms with Crippen molar-refractivity contribution < 1.29 is 19.8 Å². The molecule has 1 rings (SSSR count). The van der Waals surface area contributed by atoms with Crippen molar-refractivity contribution in [3.63, 3.8) is 0 Å². The van der Waals surface area contributed by atoms with Crippen LogP contribution in [0.3, 0.4) is 0 Å². The summed E-state index contributed by atoms with van der Waals surface area (Å²) in [6.07, 6.45) is 0. The van der Waals surface area contributed by atoms with E-state index in [1.54, 1.807) is 24.3 Å². The van der Waals surface area contributed by atoms with Gasteiger partial charge in [-0.25, -0.2) is 4.79 Å². The van der Waals surface area contributed by atoms with E-state index in [4.69, 9.17) is 5.11 Å². The van der Waals surface area contributed by atoms with Gasteiger partial charge < -0.3 is 20.8 Å². The number of hydrogen-bond donors (Lipinski definition) is 4. The molecule has 0 spiro atoms. The zero-order valence-corrected chi connectivity index (χ0v) is 10.2. The normalized spacial score (nSPS) is 13.5. The van der Waals surface area contributed by atoms with Gasteiger partial charge in [0.25, 0.3) is 0 Å². The Morgan fingerprint density at radius 1 is 1.33 bits per heavy atom. The Bertz CT molecular complexity index is 457. The molecular formula is C12H16N2O4. The Morgan fingerprint density at radius 3 is 2.50 bits per heavy atom. The number of rotatable bonds is 5. The van der Waals surface area contributed by atoms with Crippen molar-refractivity contribution in [3.8, 4) is 0 Å². The molecule has 0 aliphatic carbocycles. The molecule has 4 N–H and O–H groups in total. The smallest absolute Gasteiger partial charge is 0.337 e. The lowest BCUT2D eigenvalue weighted by atomic mass is 10.1. The fraction of sp³-hybridized carbons (Fsp3) is 0.333. The lowest BCUT2D eigenvalue weighted by Crippen LogP contribution is -2.41. The monoisotopic (exact) mass is 252 g/mol. The minimum atomic E-state index is -1.84. The topological polar surface area (TPSA) is 98.7 Å². The second-order valence-corrected chi connectivity index (χ2v) is 4.19. The van der Waals surface area contributed by atoms with Gasteiger partial charge in [0.1, 0.15) is 0 Å². The maximum Gasteiger partial charge on any atom is 0.337 e. The predicted molar refractivity (Wildman–Crippen MR) is 67.5 cm³/mol. The number of hydrogen-bond acceptors (Lipinski definition) is 4. The van der Waals surface area contributed by atoms with Crippen LogP contribution >= 0.6 is 0 Å². The quantitative estimate of drug-likeness (QED) is 0.624. The fourth-order valence-electron chi connectivity index (χ4n) is 1.26. The van der Waals surface area contributed by atoms with Crippen molar-refractivity contribution in [2.75, 3.05) is 17.2 Å². The highest BCUT2D eigenvalue weighted by Crippen LogP contribution is 2.16. The molecule has 1 unspecified atom stereocenters. The zero-order chi connectivity index (χ0) is 13.8. The van der Waals surface area contributed by atoms with Gasteiger partial charge in [-0.2, -0.15) is 0 Å². The van der Waals surface area contributed by atoms with Crippen LogP contribution in [0, 0.1) is 0 Å². The minimum Gasteiger partial charge on any atom is -0.479 e. The third-order valence-electron chi connectivity index (χ3n) is 2.28. The molecule has 6 nitrogen and oxygen atoms in total. The summed E-state index contributed by atoms with van der Waals surface area (Å²) in [4.78, 5) is 21.6. The lowest BCUT2D eigenvalue weighted by molar-refractivity contribution is -0.155. The maximum absolute atomic E-state index is 10.9. The molecule has 0 saturated heterocycles. The first kappa shape index (κ1) is 14.0. The van der Waals surface area contributed by atoms with E-state index in [0.29, 0.717) is 11.4 Å². The van der Waals surface area contributed by atoms with Crippen molar-refractivity contribution >= 4 is 23.3 Å². The van der Waals surface area contributed by atoms with E-state index >= 15 is 0 Å². The first-order valence-electron chi connectivity index (χ1n) is 5.38. The standard InChI is InChI=1S/C12H16N2O4/c1-8(15)14-10-5-3-4-9(6-10)13-7-12(2,18)11(16)17/h3-6,13,18H,7H2,1-2H3,(H,14,15)(H,16,17). The summed E-state index contributed by atoms with van der Waals surface area (Å²) in [5.74, 6) is -1.49. The van der Waals surface area contributed by atoms with E-state index in [1.165, 1.54) is 13.8 Å². The molecule has 98 valence electrons. The van der Waals surface area contributed by atoms with Gasteiger partial charge in [-0.15, -0.1) is 0 Å². The number of carboxylic acids is 1. The molecule has 0 radical (unpaired) electrons. The number of benzene rings is 1. The number of carbonyl (C=O) groups excluding carboxylic acids is 1. The van der Waals surface area contributed by atoms with Crippen molar-refractivity contribution in [3.05, 3.63) is 24.3 Å². The van der Waals surface area contributed by atoms with Crippen LogP contribution in [0.1, 0.15) is 13.8 Å². The van der Waals surface area contributed by atoms with Crippen LogP contribution in [0.4, 0.5) is 11.4 Å². The predicted octanol–water partition coefficient (Wildman–Crippen LogP) is 0.892. The first-order chi connectivity index (χ1) is 8.31. The highest BCUT2D eigenvalue weighted by molar-refractivity contribution is 5.89. The number of amides is 1. The molecule has 0 saturated carbocycles. The number of carboxylic acid groups (broad SMARTS) is 1. The van der Waals surface area contributed by atoms with Gasteiger partial charge in [-0.3, -0.25) is 4.79 Å². The molecule has 0 aromatic heterocycles. The second-order valence-electron chi connectivity index (χ2n) is 4.19. The third-order valence-corrected chi connectivity index (χ3v) is 2.28. The molecule has 0 heterocycles. The molecule has 6 heteroatoms. The van der Waals surface area contributed by atoms with Crippen molar-refractivity contribution in [1.29, 1.82) is 0 Å². The van der Waals surface area contributed by atoms with Gasteiger partial charge in [-0.05, 0) is 25.1 Å². The molecule has 0 aliphatic rings. The molecule has 0 bridgehead atoms. The van der Waals surface area contributed by atoms with Crippen LogP contribution in [0.25, 0.3) is 0 Å². The van der Waals surface area contributed by atoms with Crippen LogP contribution in [-0.4, -0.2) is 34.2 Å². The van der Waals surface area contributed by atoms with E-state index in [1.807, 2.05) is 0 Å². The van der Waals surface area contributed by atoms with E-state index < -0.39 is 11.6 Å². The number of aliphatic hydroxyl groups is 1. The van der Waals surface area contributed by atoms with Gasteiger partial charge in [0.2, 0.25) is 5.91 Å². The number of carbonyl (C=O) groups is 2. The molecule has 1 aromatic carbocycles. The highest BCUT2D eigenvalue weighted by Gasteiger charge is 2.29. The Hall–Kier alpha value is -2.08. The van der Waals surface area contributed by atoms with Gasteiger partial charge in [0.15, 0.2) is 5.60 Å². The number of aliphatic carboxylic acids is 1. The Morgan fingerprint density at radius 2 is 1.94 bits per heavy atom. The fourth-order valence-corrected chi connectivity index (χ4v) is 1.26. The average Bonchev–Trinajstić information content (AvgIpc) is 2.26. The Balaban J connectivity index is 2.68. The second kappa shape index (κ2) is 5.50. The number of nitrogens with one attached hydrogen (secondary N) is 2. The molecule has 1 atom stereocenters. The molecule has 1 amide bonds. The van der Waals surface area contributed by atoms with Crippen LogP contribution < -0.4 is 10.6 Å². The van der Waals surface area contributed by atoms with Crippen molar-refractivity contribution in [2.45, 2.75) is 19.4 Å². The summed E-state index contributed by atoms with van der Waals surface area (Å²) in [5.41, 5.74) is -0.630. The largest absolute Gasteiger partial charge is 0.479 e. The SMILES string of the molecule is CC(=O)Nc1cccc(NCC(C)(O)C(=O)O)c1. The summed E-state index contributed by atoms with van der Waals surface area (Å²) in [7, 11) is 0. The Kier molecular flexibility index (Phi) is 4.28. The molecule has 0 fully saturated rings. The van der Waals surface area contributed by atoms with Crippen LogP contribution in [0.5, 0.6) is 0 Å². The molecule has 18 heavy (non-hydrogen) atoms. The maximum atomic E-state index is 10.9. The minimum absolute atomic E-state index is 0.133. The van der Waals surface area contributed by atoms with Gasteiger partial charge in [0, 0.05) is 18.3 Å². The third kappa shape index (κ3) is 4.06. The van der Waals surface area contributed by atoms with Crippen LogP contribution in [0.2, 0.25) is 0 Å². The summed E-state index contributed by atoms with van der Waals surface area (Å²) in [6.45, 7) is 2.47. The number of anilines is 2. The first-order valence-corrected chi connectivity index (χ1v) is 5.38. The van der Waals surface area contributed by atoms with Crippen molar-refractivity contribution in [1.82, 2.24) is 0 Å². The lowest BCUT2D eigenvalue weighted by Gasteiger charge is -2.19. The molecular weight excluding hydrogens is 236 g/mol. The van der Waals surface area contributed by atoms with E-state index in [0.717, 1.165) is 0 Å². The van der Waals surface area contributed by atoms with Gasteiger partial charge in [-0.1, -0.05) is 6.07 Å². The van der Waals surface area contributed by atoms with E-state index in [-0.39, 0.29) is 12.5 Å². The van der Waals surface area contributed by atoms with Crippen molar-refractivity contribution in [2.24, 2.45) is 0 Å². The highest BCUT2D eigenvalue weighted by atomic mass is 16.4. The van der Waals surface area contributed by atoms with E-state index in [2.05, 4.69) is 10.6 Å². The summed E-state index contributed by atoms with van der Waals surface area (Å²) in [6, 6.07) is 6.79.